The Hall–Kier alpha value is -1.14. The van der Waals surface area contributed by atoms with Crippen LogP contribution in [0, 0.1) is 0 Å². The normalized spacial score (nSPS) is 9.85. The minimum absolute atomic E-state index is 0.160. The van der Waals surface area contributed by atoms with Gasteiger partial charge < -0.3 is 14.9 Å². The average molecular weight is 181 g/mol. The van der Waals surface area contributed by atoms with Gasteiger partial charge in [0.1, 0.15) is 5.82 Å². The van der Waals surface area contributed by atoms with Crippen LogP contribution in [0.25, 0.3) is 0 Å². The Bertz CT molecular complexity index is 265. The maximum atomic E-state index is 8.75. The van der Waals surface area contributed by atoms with Crippen LogP contribution in [0.5, 0.6) is 0 Å². The van der Waals surface area contributed by atoms with Crippen LogP contribution < -0.4 is 10.5 Å². The highest BCUT2D eigenvalue weighted by atomic mass is 16.4. The van der Waals surface area contributed by atoms with E-state index in [1.807, 2.05) is 18.9 Å². The van der Waals surface area contributed by atoms with Crippen LogP contribution in [0.15, 0.2) is 12.4 Å². The summed E-state index contributed by atoms with van der Waals surface area (Å²) in [6.45, 7) is 2.83. The van der Waals surface area contributed by atoms with Crippen LogP contribution in [-0.2, 0) is 0 Å². The van der Waals surface area contributed by atoms with Crippen molar-refractivity contribution in [3.63, 3.8) is 0 Å². The first kappa shape index (κ1) is 9.95. The van der Waals surface area contributed by atoms with Crippen molar-refractivity contribution < 1.29 is 10.0 Å². The molecule has 0 amide bonds. The number of nitrogens with zero attached hydrogens (tertiary/aromatic N) is 3. The van der Waals surface area contributed by atoms with Crippen molar-refractivity contribution in [3.05, 3.63) is 12.4 Å². The molecule has 2 N–H and O–H groups in total. The van der Waals surface area contributed by atoms with Gasteiger partial charge in [-0.25, -0.2) is 4.98 Å². The molecule has 0 atom stereocenters. The van der Waals surface area contributed by atoms with Crippen molar-refractivity contribution in [3.8, 4) is 0 Å². The van der Waals surface area contributed by atoms with Gasteiger partial charge in [0, 0.05) is 19.8 Å². The third kappa shape index (κ3) is 2.40. The van der Waals surface area contributed by atoms with Gasteiger partial charge in [-0.05, 0) is 6.92 Å². The molecule has 6 heteroatoms. The Kier molecular flexibility index (Phi) is 3.22. The highest BCUT2D eigenvalue weighted by Crippen LogP contribution is 2.02. The lowest BCUT2D eigenvalue weighted by Gasteiger charge is -2.14. The molecule has 1 aromatic rings. The van der Waals surface area contributed by atoms with E-state index >= 15 is 0 Å². The van der Waals surface area contributed by atoms with E-state index in [0.717, 1.165) is 6.54 Å². The van der Waals surface area contributed by atoms with Gasteiger partial charge in [0.2, 0.25) is 0 Å². The van der Waals surface area contributed by atoms with Crippen molar-refractivity contribution in [1.82, 2.24) is 9.97 Å². The van der Waals surface area contributed by atoms with Gasteiger partial charge in [-0.1, -0.05) is 0 Å². The molecule has 0 fully saturated rings. The maximum Gasteiger partial charge on any atom is 0.509 e. The monoisotopic (exact) mass is 181 g/mol. The lowest BCUT2D eigenvalue weighted by molar-refractivity contribution is 0.424. The zero-order valence-electron chi connectivity index (χ0n) is 7.68. The minimum Gasteiger partial charge on any atom is -0.422 e. The zero-order chi connectivity index (χ0) is 9.84. The van der Waals surface area contributed by atoms with E-state index in [4.69, 9.17) is 10.0 Å². The summed E-state index contributed by atoms with van der Waals surface area (Å²) in [7, 11) is 0.340. The minimum atomic E-state index is -1.55. The number of hydrogen-bond donors (Lipinski definition) is 2. The summed E-state index contributed by atoms with van der Waals surface area (Å²) in [6.07, 6.45) is 2.87. The van der Waals surface area contributed by atoms with E-state index in [1.165, 1.54) is 12.4 Å². The zero-order valence-corrected chi connectivity index (χ0v) is 7.68. The first-order valence-corrected chi connectivity index (χ1v) is 4.04. The van der Waals surface area contributed by atoms with Crippen LogP contribution in [0.3, 0.4) is 0 Å². The summed E-state index contributed by atoms with van der Waals surface area (Å²) in [6, 6.07) is 0. The van der Waals surface area contributed by atoms with E-state index in [1.54, 1.807) is 0 Å². The van der Waals surface area contributed by atoms with Gasteiger partial charge in [0.05, 0.1) is 11.8 Å². The van der Waals surface area contributed by atoms with Gasteiger partial charge >= 0.3 is 7.12 Å². The summed E-state index contributed by atoms with van der Waals surface area (Å²) in [4.78, 5) is 9.76. The van der Waals surface area contributed by atoms with Crippen molar-refractivity contribution in [2.75, 3.05) is 18.5 Å². The second kappa shape index (κ2) is 4.20. The summed E-state index contributed by atoms with van der Waals surface area (Å²) in [5.41, 5.74) is 0.160. The van der Waals surface area contributed by atoms with Gasteiger partial charge in [-0.2, -0.15) is 0 Å². The molecule has 5 nitrogen and oxygen atoms in total. The van der Waals surface area contributed by atoms with Crippen LogP contribution in [-0.4, -0.2) is 40.7 Å². The first-order chi connectivity index (χ1) is 6.15. The summed E-state index contributed by atoms with van der Waals surface area (Å²) in [5, 5.41) is 17.5. The van der Waals surface area contributed by atoms with Crippen molar-refractivity contribution >= 4 is 18.5 Å². The summed E-state index contributed by atoms with van der Waals surface area (Å²) >= 11 is 0. The van der Waals surface area contributed by atoms with E-state index in [2.05, 4.69) is 9.97 Å². The molecule has 0 aromatic carbocycles. The Labute approximate surface area is 77.2 Å². The fourth-order valence-corrected chi connectivity index (χ4v) is 0.824. The lowest BCUT2D eigenvalue weighted by atomic mass is 9.87. The molecule has 0 aliphatic heterocycles. The Balaban J connectivity index is 2.81. The SMILES string of the molecule is CCN(C)c1cnc(B(O)O)cn1. The largest absolute Gasteiger partial charge is 0.509 e. The van der Waals surface area contributed by atoms with E-state index < -0.39 is 7.12 Å². The highest BCUT2D eigenvalue weighted by molar-refractivity contribution is 6.57. The van der Waals surface area contributed by atoms with Crippen LogP contribution in [0.2, 0.25) is 0 Å². The molecule has 0 aliphatic carbocycles. The third-order valence-corrected chi connectivity index (χ3v) is 1.79. The third-order valence-electron chi connectivity index (χ3n) is 1.79. The fraction of sp³-hybridized carbons (Fsp3) is 0.429. The molecular formula is C7H12BN3O2. The fourth-order valence-electron chi connectivity index (χ4n) is 0.824. The molecule has 0 saturated heterocycles. The van der Waals surface area contributed by atoms with Crippen molar-refractivity contribution in [2.45, 2.75) is 6.92 Å². The second-order valence-electron chi connectivity index (χ2n) is 2.69. The average Bonchev–Trinajstić information content (AvgIpc) is 2.17. The van der Waals surface area contributed by atoms with Crippen LogP contribution >= 0.6 is 0 Å². The van der Waals surface area contributed by atoms with E-state index in [9.17, 15) is 0 Å². The number of aromatic nitrogens is 2. The molecule has 0 saturated carbocycles. The second-order valence-corrected chi connectivity index (χ2v) is 2.69. The smallest absolute Gasteiger partial charge is 0.422 e. The molecule has 0 spiro atoms. The highest BCUT2D eigenvalue weighted by Gasteiger charge is 2.13. The van der Waals surface area contributed by atoms with Crippen molar-refractivity contribution in [2.24, 2.45) is 0 Å². The maximum absolute atomic E-state index is 8.75. The molecule has 0 radical (unpaired) electrons. The van der Waals surface area contributed by atoms with E-state index in [0.29, 0.717) is 5.82 Å². The van der Waals surface area contributed by atoms with Gasteiger partial charge in [0.15, 0.2) is 0 Å². The molecule has 1 aromatic heterocycles. The van der Waals surface area contributed by atoms with E-state index in [-0.39, 0.29) is 5.59 Å². The lowest BCUT2D eigenvalue weighted by Crippen LogP contribution is -2.33. The topological polar surface area (TPSA) is 69.5 Å². The summed E-state index contributed by atoms with van der Waals surface area (Å²) in [5.74, 6) is 0.715. The summed E-state index contributed by atoms with van der Waals surface area (Å²) < 4.78 is 0. The predicted octanol–water partition coefficient (Wildman–Crippen LogP) is -1.39. The Morgan fingerprint density at radius 3 is 2.46 bits per heavy atom. The van der Waals surface area contributed by atoms with Crippen molar-refractivity contribution in [1.29, 1.82) is 0 Å². The molecule has 1 rings (SSSR count). The quantitative estimate of drug-likeness (QED) is 0.562. The predicted molar refractivity (Wildman–Crippen MR) is 50.8 cm³/mol. The standard InChI is InChI=1S/C7H12BN3O2/c1-3-11(2)7-5-9-6(4-10-7)8(12)13/h4-5,12-13H,3H2,1-2H3. The van der Waals surface area contributed by atoms with Crippen LogP contribution in [0.1, 0.15) is 6.92 Å². The van der Waals surface area contributed by atoms with Gasteiger partial charge in [-0.15, -0.1) is 0 Å². The Morgan fingerprint density at radius 2 is 2.08 bits per heavy atom. The molecule has 1 heterocycles. The molecule has 0 bridgehead atoms. The molecule has 0 unspecified atom stereocenters. The molecule has 70 valence electrons. The molecular weight excluding hydrogens is 169 g/mol. The van der Waals surface area contributed by atoms with Gasteiger partial charge in [-0.3, -0.25) is 4.98 Å². The number of hydrogen-bond acceptors (Lipinski definition) is 5. The molecule has 13 heavy (non-hydrogen) atoms. The van der Waals surface area contributed by atoms with Crippen LogP contribution in [0.4, 0.5) is 5.82 Å². The number of rotatable bonds is 3. The number of anilines is 1. The van der Waals surface area contributed by atoms with Gasteiger partial charge in [0.25, 0.3) is 0 Å². The first-order valence-electron chi connectivity index (χ1n) is 4.04. The Morgan fingerprint density at radius 1 is 1.38 bits per heavy atom. The molecule has 0 aliphatic rings.